The number of aryl methyl sites for hydroxylation is 1. The Kier molecular flexibility index (Phi) is 3.29. The summed E-state index contributed by atoms with van der Waals surface area (Å²) in [6, 6.07) is 1.96. The molecule has 0 radical (unpaired) electrons. The maximum atomic E-state index is 5.76. The zero-order valence-electron chi connectivity index (χ0n) is 9.44. The highest BCUT2D eigenvalue weighted by Gasteiger charge is 2.07. The van der Waals surface area contributed by atoms with E-state index in [2.05, 4.69) is 22.2 Å². The number of nitrogens with one attached hydrogen (secondary N) is 1. The van der Waals surface area contributed by atoms with Gasteiger partial charge in [0.05, 0.1) is 11.8 Å². The molecule has 4 nitrogen and oxygen atoms in total. The zero-order valence-corrected chi connectivity index (χ0v) is 10.2. The molecule has 0 amide bonds. The summed E-state index contributed by atoms with van der Waals surface area (Å²) >= 11 is 5.76. The Hall–Kier alpha value is -1.29. The highest BCUT2D eigenvalue weighted by Crippen LogP contribution is 2.18. The fraction of sp³-hybridized carbons (Fsp3) is 0.455. The molecular formula is C11H15ClN4. The van der Waals surface area contributed by atoms with E-state index in [4.69, 9.17) is 11.6 Å². The van der Waals surface area contributed by atoms with Crippen molar-refractivity contribution in [3.8, 4) is 0 Å². The van der Waals surface area contributed by atoms with E-state index in [0.29, 0.717) is 11.8 Å². The molecule has 86 valence electrons. The minimum Gasteiger partial charge on any atom is -0.368 e. The van der Waals surface area contributed by atoms with Gasteiger partial charge in [0.15, 0.2) is 5.82 Å². The van der Waals surface area contributed by atoms with Gasteiger partial charge in [0.25, 0.3) is 0 Å². The predicted molar refractivity (Wildman–Crippen MR) is 66.9 cm³/mol. The van der Waals surface area contributed by atoms with Crippen LogP contribution in [-0.4, -0.2) is 27.0 Å². The van der Waals surface area contributed by atoms with Gasteiger partial charge in [-0.1, -0.05) is 6.92 Å². The summed E-state index contributed by atoms with van der Waals surface area (Å²) < 4.78 is 1.98. The van der Waals surface area contributed by atoms with Crippen LogP contribution >= 0.6 is 11.6 Å². The van der Waals surface area contributed by atoms with Gasteiger partial charge >= 0.3 is 0 Å². The molecule has 0 spiro atoms. The summed E-state index contributed by atoms with van der Waals surface area (Å²) in [7, 11) is 1.97. The molecule has 0 aliphatic carbocycles. The first-order chi connectivity index (χ1) is 7.72. The van der Waals surface area contributed by atoms with Crippen molar-refractivity contribution < 1.29 is 0 Å². The second-order valence-corrected chi connectivity index (χ2v) is 4.33. The second-order valence-electron chi connectivity index (χ2n) is 4.02. The predicted octanol–water partition coefficient (Wildman–Crippen LogP) is 2.26. The van der Waals surface area contributed by atoms with Gasteiger partial charge < -0.3 is 9.88 Å². The average molecular weight is 239 g/mol. The van der Waals surface area contributed by atoms with E-state index >= 15 is 0 Å². The number of pyridine rings is 1. The molecule has 5 heteroatoms. The number of imidazole rings is 1. The largest absolute Gasteiger partial charge is 0.368 e. The molecule has 16 heavy (non-hydrogen) atoms. The van der Waals surface area contributed by atoms with E-state index in [1.807, 2.05) is 17.7 Å². The minimum atomic E-state index is 0.419. The third kappa shape index (κ3) is 2.11. The highest BCUT2D eigenvalue weighted by atomic mass is 35.5. The lowest BCUT2D eigenvalue weighted by Gasteiger charge is -2.10. The molecule has 1 unspecified atom stereocenters. The van der Waals surface area contributed by atoms with Crippen LogP contribution < -0.4 is 5.32 Å². The van der Waals surface area contributed by atoms with E-state index in [0.717, 1.165) is 23.4 Å². The monoisotopic (exact) mass is 238 g/mol. The zero-order chi connectivity index (χ0) is 11.5. The molecule has 0 aliphatic rings. The molecule has 1 atom stereocenters. The summed E-state index contributed by atoms with van der Waals surface area (Å²) in [6.07, 6.45) is 3.58. The van der Waals surface area contributed by atoms with Gasteiger partial charge in [0.1, 0.15) is 5.52 Å². The second kappa shape index (κ2) is 4.70. The lowest BCUT2D eigenvalue weighted by atomic mass is 10.2. The summed E-state index contributed by atoms with van der Waals surface area (Å²) in [5.41, 5.74) is 1.99. The van der Waals surface area contributed by atoms with E-state index in [1.54, 1.807) is 12.5 Å². The first kappa shape index (κ1) is 11.2. The SMILES string of the molecule is CC(CCl)CNc1nccc2c1ncn2C. The number of hydrogen-bond donors (Lipinski definition) is 1. The number of nitrogens with zero attached hydrogens (tertiary/aromatic N) is 3. The maximum Gasteiger partial charge on any atom is 0.154 e. The molecule has 2 aromatic heterocycles. The number of aromatic nitrogens is 3. The molecule has 2 heterocycles. The van der Waals surface area contributed by atoms with Crippen molar-refractivity contribution in [2.24, 2.45) is 13.0 Å². The molecule has 1 N–H and O–H groups in total. The highest BCUT2D eigenvalue weighted by molar-refractivity contribution is 6.18. The number of halogens is 1. The van der Waals surface area contributed by atoms with Crippen molar-refractivity contribution >= 4 is 28.5 Å². The Balaban J connectivity index is 2.24. The third-order valence-corrected chi connectivity index (χ3v) is 3.05. The van der Waals surface area contributed by atoms with Gasteiger partial charge in [-0.15, -0.1) is 11.6 Å². The van der Waals surface area contributed by atoms with E-state index in [-0.39, 0.29) is 0 Å². The Morgan fingerprint density at radius 1 is 1.50 bits per heavy atom. The van der Waals surface area contributed by atoms with Crippen LogP contribution in [0.1, 0.15) is 6.92 Å². The molecular weight excluding hydrogens is 224 g/mol. The average Bonchev–Trinajstić information content (AvgIpc) is 2.69. The van der Waals surface area contributed by atoms with E-state index in [1.165, 1.54) is 0 Å². The number of hydrogen-bond acceptors (Lipinski definition) is 3. The first-order valence-corrected chi connectivity index (χ1v) is 5.81. The van der Waals surface area contributed by atoms with Gasteiger partial charge in [-0.05, 0) is 12.0 Å². The van der Waals surface area contributed by atoms with Crippen molar-refractivity contribution in [2.45, 2.75) is 6.92 Å². The van der Waals surface area contributed by atoms with Crippen molar-refractivity contribution in [3.63, 3.8) is 0 Å². The Morgan fingerprint density at radius 3 is 3.06 bits per heavy atom. The van der Waals surface area contributed by atoms with Crippen LogP contribution in [0.15, 0.2) is 18.6 Å². The number of alkyl halides is 1. The standard InChI is InChI=1S/C11H15ClN4/c1-8(5-12)6-14-11-10-9(3-4-13-11)16(2)7-15-10/h3-4,7-8H,5-6H2,1-2H3,(H,13,14). The number of anilines is 1. The fourth-order valence-electron chi connectivity index (χ4n) is 1.52. The summed E-state index contributed by atoms with van der Waals surface area (Å²) in [5, 5.41) is 3.28. The van der Waals surface area contributed by atoms with E-state index < -0.39 is 0 Å². The summed E-state index contributed by atoms with van der Waals surface area (Å²) in [5.74, 6) is 1.89. The Bertz CT molecular complexity index is 480. The smallest absolute Gasteiger partial charge is 0.154 e. The molecule has 0 bridgehead atoms. The molecule has 0 aliphatic heterocycles. The van der Waals surface area contributed by atoms with Crippen LogP contribution in [-0.2, 0) is 7.05 Å². The van der Waals surface area contributed by atoms with Gasteiger partial charge in [-0.25, -0.2) is 9.97 Å². The molecule has 0 aromatic carbocycles. The lowest BCUT2D eigenvalue weighted by molar-refractivity contribution is 0.695. The third-order valence-electron chi connectivity index (χ3n) is 2.52. The van der Waals surface area contributed by atoms with Crippen molar-refractivity contribution in [2.75, 3.05) is 17.7 Å². The van der Waals surface area contributed by atoms with Crippen LogP contribution in [0.3, 0.4) is 0 Å². The molecule has 0 fully saturated rings. The van der Waals surface area contributed by atoms with Crippen LogP contribution in [0.2, 0.25) is 0 Å². The molecule has 0 saturated carbocycles. The van der Waals surface area contributed by atoms with E-state index in [9.17, 15) is 0 Å². The van der Waals surface area contributed by atoms with Gasteiger partial charge in [0, 0.05) is 25.7 Å². The van der Waals surface area contributed by atoms with Gasteiger partial charge in [0.2, 0.25) is 0 Å². The van der Waals surface area contributed by atoms with Crippen LogP contribution in [0.4, 0.5) is 5.82 Å². The van der Waals surface area contributed by atoms with Crippen LogP contribution in [0.5, 0.6) is 0 Å². The normalized spacial score (nSPS) is 12.9. The van der Waals surface area contributed by atoms with Crippen LogP contribution in [0.25, 0.3) is 11.0 Å². The van der Waals surface area contributed by atoms with Crippen molar-refractivity contribution in [1.29, 1.82) is 0 Å². The van der Waals surface area contributed by atoms with Gasteiger partial charge in [-0.2, -0.15) is 0 Å². The quantitative estimate of drug-likeness (QED) is 0.831. The number of fused-ring (bicyclic) bond motifs is 1. The topological polar surface area (TPSA) is 42.7 Å². The number of rotatable bonds is 4. The maximum absolute atomic E-state index is 5.76. The van der Waals surface area contributed by atoms with Crippen molar-refractivity contribution in [1.82, 2.24) is 14.5 Å². The molecule has 0 saturated heterocycles. The molecule has 2 rings (SSSR count). The van der Waals surface area contributed by atoms with Crippen molar-refractivity contribution in [3.05, 3.63) is 18.6 Å². The summed E-state index contributed by atoms with van der Waals surface area (Å²) in [6.45, 7) is 2.91. The Labute approximate surface area is 99.6 Å². The lowest BCUT2D eigenvalue weighted by Crippen LogP contribution is -2.13. The fourth-order valence-corrected chi connectivity index (χ4v) is 1.63. The summed E-state index contributed by atoms with van der Waals surface area (Å²) in [4.78, 5) is 8.62. The minimum absolute atomic E-state index is 0.419. The molecule has 2 aromatic rings. The Morgan fingerprint density at radius 2 is 2.31 bits per heavy atom. The van der Waals surface area contributed by atoms with Gasteiger partial charge in [-0.3, -0.25) is 0 Å². The first-order valence-electron chi connectivity index (χ1n) is 5.28. The van der Waals surface area contributed by atoms with Crippen LogP contribution in [0, 0.1) is 5.92 Å².